The van der Waals surface area contributed by atoms with E-state index in [9.17, 15) is 24.6 Å². The summed E-state index contributed by atoms with van der Waals surface area (Å²) in [5.41, 5.74) is 0.756. The second-order valence-electron chi connectivity index (χ2n) is 5.81. The van der Waals surface area contributed by atoms with Gasteiger partial charge in [0.2, 0.25) is 11.8 Å². The molecule has 3 N–H and O–H groups in total. The van der Waals surface area contributed by atoms with E-state index in [1.54, 1.807) is 18.2 Å². The van der Waals surface area contributed by atoms with Gasteiger partial charge in [-0.05, 0) is 17.7 Å². The zero-order valence-corrected chi connectivity index (χ0v) is 14.7. The standard InChI is InChI=1S/C16H19BrN2O5/c1-9(20)19-8-12(21)7-14(19)15(22)18-13(16(23)24)6-10-3-2-4-11(17)5-10/h2-5,12-14,21H,6-8H2,1H3,(H,18,22)(H,23,24)/t12-,13+,14+/m1/s1. The average molecular weight is 399 g/mol. The summed E-state index contributed by atoms with van der Waals surface area (Å²) in [5, 5.41) is 21.5. The Morgan fingerprint density at radius 1 is 1.42 bits per heavy atom. The first-order valence-electron chi connectivity index (χ1n) is 7.51. The van der Waals surface area contributed by atoms with Crippen LogP contribution in [0.2, 0.25) is 0 Å². The lowest BCUT2D eigenvalue weighted by Crippen LogP contribution is -2.51. The average Bonchev–Trinajstić information content (AvgIpc) is 2.89. The van der Waals surface area contributed by atoms with Crippen molar-refractivity contribution in [3.8, 4) is 0 Å². The third-order valence-corrected chi connectivity index (χ3v) is 4.42. The van der Waals surface area contributed by atoms with Gasteiger partial charge in [-0.15, -0.1) is 0 Å². The van der Waals surface area contributed by atoms with E-state index in [0.29, 0.717) is 0 Å². The molecule has 1 aromatic rings. The Bertz CT molecular complexity index is 651. The number of likely N-dealkylation sites (tertiary alicyclic amines) is 1. The summed E-state index contributed by atoms with van der Waals surface area (Å²) < 4.78 is 0.817. The monoisotopic (exact) mass is 398 g/mol. The number of carboxylic acid groups (broad SMARTS) is 1. The fraction of sp³-hybridized carbons (Fsp3) is 0.438. The zero-order chi connectivity index (χ0) is 17.9. The van der Waals surface area contributed by atoms with Crippen LogP contribution in [0.3, 0.4) is 0 Å². The Morgan fingerprint density at radius 2 is 2.12 bits per heavy atom. The number of halogens is 1. The highest BCUT2D eigenvalue weighted by Crippen LogP contribution is 2.19. The van der Waals surface area contributed by atoms with Gasteiger partial charge in [0.05, 0.1) is 6.10 Å². The lowest BCUT2D eigenvalue weighted by atomic mass is 10.1. The third kappa shape index (κ3) is 4.55. The summed E-state index contributed by atoms with van der Waals surface area (Å²) in [7, 11) is 0. The fourth-order valence-electron chi connectivity index (χ4n) is 2.78. The number of carbonyl (C=O) groups excluding carboxylic acids is 2. The van der Waals surface area contributed by atoms with Crippen LogP contribution < -0.4 is 5.32 Å². The number of hydrogen-bond acceptors (Lipinski definition) is 4. The highest BCUT2D eigenvalue weighted by atomic mass is 79.9. The number of nitrogens with one attached hydrogen (secondary N) is 1. The second kappa shape index (κ2) is 7.76. The molecule has 0 aliphatic carbocycles. The first-order valence-corrected chi connectivity index (χ1v) is 8.30. The minimum atomic E-state index is -1.16. The van der Waals surface area contributed by atoms with Gasteiger partial charge in [-0.1, -0.05) is 28.1 Å². The van der Waals surface area contributed by atoms with Gasteiger partial charge in [-0.3, -0.25) is 9.59 Å². The number of hydrogen-bond donors (Lipinski definition) is 3. The molecule has 2 rings (SSSR count). The first-order chi connectivity index (χ1) is 11.3. The number of aliphatic hydroxyl groups excluding tert-OH is 1. The van der Waals surface area contributed by atoms with Crippen molar-refractivity contribution in [3.05, 3.63) is 34.3 Å². The van der Waals surface area contributed by atoms with Gasteiger partial charge in [0.1, 0.15) is 12.1 Å². The van der Waals surface area contributed by atoms with E-state index in [1.807, 2.05) is 6.07 Å². The zero-order valence-electron chi connectivity index (χ0n) is 13.1. The number of nitrogens with zero attached hydrogens (tertiary/aromatic N) is 1. The molecule has 1 saturated heterocycles. The molecule has 1 aliphatic heterocycles. The molecular formula is C16H19BrN2O5. The molecule has 0 bridgehead atoms. The van der Waals surface area contributed by atoms with Gasteiger partial charge < -0.3 is 20.4 Å². The first kappa shape index (κ1) is 18.4. The van der Waals surface area contributed by atoms with Crippen molar-refractivity contribution < 1.29 is 24.6 Å². The predicted octanol–water partition coefficient (Wildman–Crippen LogP) is 0.543. The lowest BCUT2D eigenvalue weighted by molar-refractivity contribution is -0.143. The predicted molar refractivity (Wildman–Crippen MR) is 89.2 cm³/mol. The number of rotatable bonds is 5. The van der Waals surface area contributed by atoms with Gasteiger partial charge in [0.25, 0.3) is 0 Å². The third-order valence-electron chi connectivity index (χ3n) is 3.93. The molecule has 130 valence electrons. The number of carboxylic acids is 1. The van der Waals surface area contributed by atoms with Gasteiger partial charge in [0, 0.05) is 30.8 Å². The Kier molecular flexibility index (Phi) is 5.95. The van der Waals surface area contributed by atoms with Gasteiger partial charge in [-0.25, -0.2) is 4.79 Å². The van der Waals surface area contributed by atoms with E-state index >= 15 is 0 Å². The molecule has 0 unspecified atom stereocenters. The van der Waals surface area contributed by atoms with E-state index in [2.05, 4.69) is 21.2 Å². The molecule has 0 radical (unpaired) electrons. The maximum absolute atomic E-state index is 12.4. The minimum Gasteiger partial charge on any atom is -0.480 e. The SMILES string of the molecule is CC(=O)N1C[C@H](O)C[C@H]1C(=O)N[C@@H](Cc1cccc(Br)c1)C(=O)O. The molecule has 0 spiro atoms. The number of aliphatic carboxylic acids is 1. The molecule has 7 nitrogen and oxygen atoms in total. The number of benzene rings is 1. The molecule has 1 aliphatic rings. The molecule has 1 fully saturated rings. The topological polar surface area (TPSA) is 107 Å². The van der Waals surface area contributed by atoms with Crippen molar-refractivity contribution >= 4 is 33.7 Å². The molecule has 1 heterocycles. The van der Waals surface area contributed by atoms with Crippen LogP contribution in [0.4, 0.5) is 0 Å². The van der Waals surface area contributed by atoms with Crippen LogP contribution in [0.15, 0.2) is 28.7 Å². The molecule has 2 amide bonds. The van der Waals surface area contributed by atoms with Crippen LogP contribution in [0.5, 0.6) is 0 Å². The van der Waals surface area contributed by atoms with Crippen LogP contribution in [-0.2, 0) is 20.8 Å². The Balaban J connectivity index is 2.08. The largest absolute Gasteiger partial charge is 0.480 e. The van der Waals surface area contributed by atoms with E-state index in [1.165, 1.54) is 11.8 Å². The van der Waals surface area contributed by atoms with E-state index in [4.69, 9.17) is 0 Å². The van der Waals surface area contributed by atoms with Crippen LogP contribution in [-0.4, -0.2) is 57.6 Å². The molecular weight excluding hydrogens is 380 g/mol. The summed E-state index contributed by atoms with van der Waals surface area (Å²) in [6.45, 7) is 1.39. The molecule has 1 aromatic carbocycles. The van der Waals surface area contributed by atoms with Crippen molar-refractivity contribution in [2.75, 3.05) is 6.54 Å². The number of amides is 2. The number of carbonyl (C=O) groups is 3. The van der Waals surface area contributed by atoms with E-state index in [-0.39, 0.29) is 25.3 Å². The maximum atomic E-state index is 12.4. The lowest BCUT2D eigenvalue weighted by Gasteiger charge is -2.24. The number of β-amino-alcohol motifs (C(OH)–C–C–N with tert-alkyl or cyclic N) is 1. The van der Waals surface area contributed by atoms with Gasteiger partial charge >= 0.3 is 5.97 Å². The molecule has 8 heteroatoms. The maximum Gasteiger partial charge on any atom is 0.326 e. The normalized spacial score (nSPS) is 21.4. The van der Waals surface area contributed by atoms with Crippen LogP contribution >= 0.6 is 15.9 Å². The van der Waals surface area contributed by atoms with Crippen molar-refractivity contribution in [3.63, 3.8) is 0 Å². The molecule has 24 heavy (non-hydrogen) atoms. The number of aliphatic hydroxyl groups is 1. The van der Waals surface area contributed by atoms with E-state index < -0.39 is 30.1 Å². The molecule has 0 saturated carbocycles. The summed E-state index contributed by atoms with van der Waals surface area (Å²) in [6.07, 6.45) is -0.553. The van der Waals surface area contributed by atoms with Gasteiger partial charge in [0.15, 0.2) is 0 Å². The minimum absolute atomic E-state index is 0.0801. The Labute approximate surface area is 147 Å². The van der Waals surface area contributed by atoms with Gasteiger partial charge in [-0.2, -0.15) is 0 Å². The van der Waals surface area contributed by atoms with Crippen LogP contribution in [0.1, 0.15) is 18.9 Å². The molecule has 3 atom stereocenters. The second-order valence-corrected chi connectivity index (χ2v) is 6.73. The smallest absolute Gasteiger partial charge is 0.326 e. The van der Waals surface area contributed by atoms with Crippen molar-refractivity contribution in [2.24, 2.45) is 0 Å². The highest BCUT2D eigenvalue weighted by molar-refractivity contribution is 9.10. The van der Waals surface area contributed by atoms with Crippen LogP contribution in [0.25, 0.3) is 0 Å². The summed E-state index contributed by atoms with van der Waals surface area (Å²) in [4.78, 5) is 36.7. The Morgan fingerprint density at radius 3 is 2.71 bits per heavy atom. The van der Waals surface area contributed by atoms with Crippen molar-refractivity contribution in [2.45, 2.75) is 38.0 Å². The quantitative estimate of drug-likeness (QED) is 0.670. The highest BCUT2D eigenvalue weighted by Gasteiger charge is 2.38. The summed E-state index contributed by atoms with van der Waals surface area (Å²) in [6, 6.07) is 5.20. The summed E-state index contributed by atoms with van der Waals surface area (Å²) in [5.74, 6) is -2.05. The van der Waals surface area contributed by atoms with Crippen molar-refractivity contribution in [1.29, 1.82) is 0 Å². The van der Waals surface area contributed by atoms with E-state index in [0.717, 1.165) is 10.0 Å². The summed E-state index contributed by atoms with van der Waals surface area (Å²) >= 11 is 3.32. The fourth-order valence-corrected chi connectivity index (χ4v) is 3.22. The van der Waals surface area contributed by atoms with Crippen LogP contribution in [0, 0.1) is 0 Å². The van der Waals surface area contributed by atoms with Crippen molar-refractivity contribution in [1.82, 2.24) is 10.2 Å². The molecule has 0 aromatic heterocycles. The Hall–Kier alpha value is -1.93.